The molecule has 0 saturated carbocycles. The molecule has 1 unspecified atom stereocenters. The molecule has 1 atom stereocenters. The molecule has 1 saturated heterocycles. The first-order chi connectivity index (χ1) is 15.9. The fourth-order valence-corrected chi connectivity index (χ4v) is 4.29. The molecule has 1 aromatic carbocycles. The van der Waals surface area contributed by atoms with Crippen LogP contribution in [0.1, 0.15) is 55.6 Å². The van der Waals surface area contributed by atoms with E-state index < -0.39 is 6.41 Å². The molecule has 9 nitrogen and oxygen atoms in total. The fourth-order valence-electron chi connectivity index (χ4n) is 4.29. The Labute approximate surface area is 193 Å². The van der Waals surface area contributed by atoms with Crippen molar-refractivity contribution in [1.29, 1.82) is 0 Å². The smallest absolute Gasteiger partial charge is 0.251 e. The highest BCUT2D eigenvalue weighted by molar-refractivity contribution is 5.95. The van der Waals surface area contributed by atoms with E-state index in [1.54, 1.807) is 0 Å². The second-order valence-corrected chi connectivity index (χ2v) is 8.76. The number of aliphatic hydroxyl groups is 1. The van der Waals surface area contributed by atoms with Crippen molar-refractivity contribution in [2.45, 2.75) is 59.1 Å². The summed E-state index contributed by atoms with van der Waals surface area (Å²) >= 11 is 0. The molecule has 2 aromatic heterocycles. The van der Waals surface area contributed by atoms with E-state index in [1.807, 2.05) is 67.7 Å². The minimum Gasteiger partial charge on any atom is -0.356 e. The van der Waals surface area contributed by atoms with Crippen LogP contribution in [0.2, 0.25) is 0 Å². The molecule has 1 amide bonds. The number of carbonyl (C=O) groups excluding carboxylic acids is 1. The number of nitrogens with zero attached hydrogens (tertiary/aromatic N) is 5. The highest BCUT2D eigenvalue weighted by atomic mass is 16.6. The van der Waals surface area contributed by atoms with Crippen molar-refractivity contribution in [2.24, 2.45) is 0 Å². The summed E-state index contributed by atoms with van der Waals surface area (Å²) in [4.78, 5) is 18.7. The molecule has 1 fully saturated rings. The van der Waals surface area contributed by atoms with Gasteiger partial charge in [-0.2, -0.15) is 0 Å². The second-order valence-electron chi connectivity index (χ2n) is 8.76. The van der Waals surface area contributed by atoms with Crippen LogP contribution in [0.5, 0.6) is 0 Å². The topological polar surface area (TPSA) is 105 Å². The number of amides is 1. The highest BCUT2D eigenvalue weighted by Crippen LogP contribution is 2.29. The summed E-state index contributed by atoms with van der Waals surface area (Å²) < 4.78 is 7.45. The number of ether oxygens (including phenoxy) is 1. The Morgan fingerprint density at radius 2 is 2.03 bits per heavy atom. The number of piperidine rings is 1. The van der Waals surface area contributed by atoms with Crippen LogP contribution in [0.3, 0.4) is 0 Å². The van der Waals surface area contributed by atoms with E-state index in [1.165, 1.54) is 0 Å². The Kier molecular flexibility index (Phi) is 7.02. The molecule has 33 heavy (non-hydrogen) atoms. The van der Waals surface area contributed by atoms with Crippen molar-refractivity contribution in [3.8, 4) is 11.3 Å². The summed E-state index contributed by atoms with van der Waals surface area (Å²) in [5.41, 5.74) is 5.07. The molecule has 9 heteroatoms. The molecule has 0 radical (unpaired) electrons. The van der Waals surface area contributed by atoms with Gasteiger partial charge < -0.3 is 15.2 Å². The number of likely N-dealkylation sites (tertiary alicyclic amines) is 1. The predicted molar refractivity (Wildman–Crippen MR) is 126 cm³/mol. The van der Waals surface area contributed by atoms with Crippen LogP contribution in [0.15, 0.2) is 30.5 Å². The first kappa shape index (κ1) is 23.3. The van der Waals surface area contributed by atoms with Crippen LogP contribution in [-0.2, 0) is 4.74 Å². The van der Waals surface area contributed by atoms with Crippen LogP contribution < -0.4 is 5.32 Å². The minimum atomic E-state index is -0.870. The maximum Gasteiger partial charge on any atom is 0.251 e. The van der Waals surface area contributed by atoms with Crippen molar-refractivity contribution in [1.82, 2.24) is 30.2 Å². The molecule has 3 heterocycles. The molecule has 0 aliphatic carbocycles. The van der Waals surface area contributed by atoms with Gasteiger partial charge in [-0.25, -0.2) is 4.68 Å². The number of hydrogen-bond acceptors (Lipinski definition) is 7. The van der Waals surface area contributed by atoms with Gasteiger partial charge in [0.25, 0.3) is 5.91 Å². The zero-order chi connectivity index (χ0) is 23.5. The average Bonchev–Trinajstić information content (AvgIpc) is 3.22. The van der Waals surface area contributed by atoms with E-state index in [4.69, 9.17) is 4.74 Å². The standard InChI is InChI=1S/C24H32N6O3/c1-5-25-23(31)17-6-7-19(16(4)12-17)20-13-21-22(14-26-20)30(28-27-21)18-8-10-29(11-9-18)24(32)33-15(2)3/h6-7,12-15,18,24,32H,5,8-11H2,1-4H3,(H,25,31). The maximum absolute atomic E-state index is 12.1. The number of carbonyl (C=O) groups is 1. The average molecular weight is 453 g/mol. The molecule has 0 bridgehead atoms. The van der Waals surface area contributed by atoms with Crippen molar-refractivity contribution in [3.05, 3.63) is 41.6 Å². The molecule has 0 spiro atoms. The van der Waals surface area contributed by atoms with E-state index in [0.717, 1.165) is 53.8 Å². The first-order valence-electron chi connectivity index (χ1n) is 11.5. The van der Waals surface area contributed by atoms with Crippen LogP contribution in [0.25, 0.3) is 22.3 Å². The summed E-state index contributed by atoms with van der Waals surface area (Å²) in [5, 5.41) is 21.8. The van der Waals surface area contributed by atoms with Gasteiger partial charge in [-0.05, 0) is 64.3 Å². The molecule has 3 aromatic rings. The number of hydrogen-bond donors (Lipinski definition) is 2. The summed E-state index contributed by atoms with van der Waals surface area (Å²) in [7, 11) is 0. The van der Waals surface area contributed by atoms with Gasteiger partial charge in [0.05, 0.1) is 24.0 Å². The molecule has 1 aliphatic rings. The Morgan fingerprint density at radius 3 is 2.70 bits per heavy atom. The van der Waals surface area contributed by atoms with E-state index in [2.05, 4.69) is 20.6 Å². The Morgan fingerprint density at radius 1 is 1.27 bits per heavy atom. The van der Waals surface area contributed by atoms with Gasteiger partial charge in [-0.15, -0.1) is 5.10 Å². The molecular formula is C24H32N6O3. The monoisotopic (exact) mass is 452 g/mol. The van der Waals surface area contributed by atoms with Crippen molar-refractivity contribution >= 4 is 16.9 Å². The Hall–Kier alpha value is -2.88. The number of nitrogens with one attached hydrogen (secondary N) is 1. The molecule has 1 aliphatic heterocycles. The van der Waals surface area contributed by atoms with E-state index in [-0.39, 0.29) is 18.1 Å². The summed E-state index contributed by atoms with van der Waals surface area (Å²) in [6.45, 7) is 9.75. The van der Waals surface area contributed by atoms with Crippen LogP contribution in [0.4, 0.5) is 0 Å². The zero-order valence-corrected chi connectivity index (χ0v) is 19.7. The molecule has 4 rings (SSSR count). The number of aryl methyl sites for hydroxylation is 1. The summed E-state index contributed by atoms with van der Waals surface area (Å²) in [6.07, 6.45) is 2.62. The second kappa shape index (κ2) is 9.94. The number of rotatable bonds is 7. The lowest BCUT2D eigenvalue weighted by atomic mass is 10.0. The van der Waals surface area contributed by atoms with Crippen LogP contribution in [0, 0.1) is 6.92 Å². The minimum absolute atomic E-state index is 0.0226. The quantitative estimate of drug-likeness (QED) is 0.531. The van der Waals surface area contributed by atoms with Gasteiger partial charge in [0.2, 0.25) is 6.41 Å². The largest absolute Gasteiger partial charge is 0.356 e. The third kappa shape index (κ3) is 5.05. The molecule has 2 N–H and O–H groups in total. The lowest BCUT2D eigenvalue weighted by Crippen LogP contribution is -2.44. The molecule has 176 valence electrons. The van der Waals surface area contributed by atoms with Crippen LogP contribution >= 0.6 is 0 Å². The van der Waals surface area contributed by atoms with E-state index >= 15 is 0 Å². The molecular weight excluding hydrogens is 420 g/mol. The number of benzene rings is 1. The van der Waals surface area contributed by atoms with E-state index in [9.17, 15) is 9.90 Å². The lowest BCUT2D eigenvalue weighted by molar-refractivity contribution is -0.216. The fraction of sp³-hybridized carbons (Fsp3) is 0.500. The number of aromatic nitrogens is 4. The summed E-state index contributed by atoms with van der Waals surface area (Å²) in [6, 6.07) is 7.78. The van der Waals surface area contributed by atoms with Gasteiger partial charge in [0, 0.05) is 30.8 Å². The Balaban J connectivity index is 1.50. The third-order valence-electron chi connectivity index (χ3n) is 6.01. The van der Waals surface area contributed by atoms with Crippen LogP contribution in [-0.4, -0.2) is 68.0 Å². The van der Waals surface area contributed by atoms with Crippen molar-refractivity contribution in [2.75, 3.05) is 19.6 Å². The van der Waals surface area contributed by atoms with Gasteiger partial charge in [-0.3, -0.25) is 14.7 Å². The number of pyridine rings is 1. The SMILES string of the molecule is CCNC(=O)c1ccc(-c2cc3nnn(C4CCN(C(O)OC(C)C)CC4)c3cn2)c(C)c1. The summed E-state index contributed by atoms with van der Waals surface area (Å²) in [5.74, 6) is -0.0761. The lowest BCUT2D eigenvalue weighted by Gasteiger charge is -2.35. The number of fused-ring (bicyclic) bond motifs is 1. The third-order valence-corrected chi connectivity index (χ3v) is 6.01. The predicted octanol–water partition coefficient (Wildman–Crippen LogP) is 2.89. The maximum atomic E-state index is 12.1. The highest BCUT2D eigenvalue weighted by Gasteiger charge is 2.27. The van der Waals surface area contributed by atoms with Crippen molar-refractivity contribution < 1.29 is 14.6 Å². The number of aliphatic hydroxyl groups excluding tert-OH is 1. The van der Waals surface area contributed by atoms with Gasteiger partial charge in [-0.1, -0.05) is 11.3 Å². The zero-order valence-electron chi connectivity index (χ0n) is 19.7. The van der Waals surface area contributed by atoms with Gasteiger partial charge in [0.1, 0.15) is 11.0 Å². The van der Waals surface area contributed by atoms with Gasteiger partial charge in [0.15, 0.2) is 0 Å². The van der Waals surface area contributed by atoms with Crippen molar-refractivity contribution in [3.63, 3.8) is 0 Å². The first-order valence-corrected chi connectivity index (χ1v) is 11.5. The normalized spacial score (nSPS) is 16.4. The Bertz CT molecular complexity index is 1120. The van der Waals surface area contributed by atoms with E-state index in [0.29, 0.717) is 12.1 Å². The van der Waals surface area contributed by atoms with Gasteiger partial charge >= 0.3 is 0 Å².